The summed E-state index contributed by atoms with van der Waals surface area (Å²) >= 11 is 0. The van der Waals surface area contributed by atoms with Crippen molar-refractivity contribution >= 4 is 0 Å². The number of ether oxygens (including phenoxy) is 2. The zero-order valence-corrected chi connectivity index (χ0v) is 12.9. The zero-order valence-electron chi connectivity index (χ0n) is 12.9. The van der Waals surface area contributed by atoms with Crippen LogP contribution in [0.25, 0.3) is 0 Å². The third-order valence-electron chi connectivity index (χ3n) is 6.14. The van der Waals surface area contributed by atoms with Gasteiger partial charge in [-0.05, 0) is 44.4 Å². The Labute approximate surface area is 123 Å². The van der Waals surface area contributed by atoms with Crippen molar-refractivity contribution in [2.75, 3.05) is 13.7 Å². The second-order valence-electron chi connectivity index (χ2n) is 7.27. The Balaban J connectivity index is 1.70. The molecule has 3 fully saturated rings. The molecule has 3 rings (SSSR count). The Hall–Kier alpha value is -0.120. The van der Waals surface area contributed by atoms with Crippen molar-refractivity contribution < 1.29 is 14.6 Å². The summed E-state index contributed by atoms with van der Waals surface area (Å²) < 4.78 is 12.0. The van der Waals surface area contributed by atoms with E-state index in [1.807, 2.05) is 0 Å². The van der Waals surface area contributed by atoms with Gasteiger partial charge >= 0.3 is 0 Å². The lowest BCUT2D eigenvalue weighted by atomic mass is 9.71. The van der Waals surface area contributed by atoms with E-state index in [-0.39, 0.29) is 17.3 Å². The Morgan fingerprint density at radius 3 is 2.35 bits per heavy atom. The van der Waals surface area contributed by atoms with Gasteiger partial charge in [0.15, 0.2) is 0 Å². The van der Waals surface area contributed by atoms with Crippen molar-refractivity contribution in [2.24, 2.45) is 5.92 Å². The van der Waals surface area contributed by atoms with Crippen LogP contribution in [0, 0.1) is 5.92 Å². The Kier molecular flexibility index (Phi) is 4.40. The molecule has 3 heteroatoms. The van der Waals surface area contributed by atoms with Gasteiger partial charge in [0.2, 0.25) is 0 Å². The molecule has 2 saturated carbocycles. The van der Waals surface area contributed by atoms with Crippen LogP contribution in [0.2, 0.25) is 0 Å². The van der Waals surface area contributed by atoms with E-state index in [1.54, 1.807) is 7.11 Å². The number of aliphatic hydroxyl groups excluding tert-OH is 1. The van der Waals surface area contributed by atoms with Gasteiger partial charge in [-0.25, -0.2) is 0 Å². The first kappa shape index (κ1) is 14.8. The van der Waals surface area contributed by atoms with Gasteiger partial charge in [0.1, 0.15) is 0 Å². The van der Waals surface area contributed by atoms with Gasteiger partial charge in [0, 0.05) is 13.7 Å². The van der Waals surface area contributed by atoms with E-state index >= 15 is 0 Å². The van der Waals surface area contributed by atoms with Crippen LogP contribution in [-0.4, -0.2) is 36.1 Å². The van der Waals surface area contributed by atoms with Gasteiger partial charge in [-0.2, -0.15) is 0 Å². The SMILES string of the molecule is COC1(C(O)C2CCOC3(CCCC3)C2)CCCCC1. The third kappa shape index (κ3) is 2.65. The minimum Gasteiger partial charge on any atom is -0.390 e. The lowest BCUT2D eigenvalue weighted by Crippen LogP contribution is -2.53. The summed E-state index contributed by atoms with van der Waals surface area (Å²) in [5, 5.41) is 11.0. The van der Waals surface area contributed by atoms with E-state index in [2.05, 4.69) is 0 Å². The second-order valence-corrected chi connectivity index (χ2v) is 7.27. The molecule has 1 heterocycles. The van der Waals surface area contributed by atoms with E-state index in [1.165, 1.54) is 44.9 Å². The molecule has 0 aromatic carbocycles. The second kappa shape index (κ2) is 5.94. The lowest BCUT2D eigenvalue weighted by molar-refractivity contribution is -0.176. The highest BCUT2D eigenvalue weighted by Crippen LogP contribution is 2.46. The molecule has 20 heavy (non-hydrogen) atoms. The first-order chi connectivity index (χ1) is 9.70. The molecule has 0 aromatic heterocycles. The number of hydrogen-bond acceptors (Lipinski definition) is 3. The van der Waals surface area contributed by atoms with Crippen molar-refractivity contribution in [3.8, 4) is 0 Å². The molecule has 2 aliphatic carbocycles. The van der Waals surface area contributed by atoms with Crippen molar-refractivity contribution in [1.29, 1.82) is 0 Å². The highest BCUT2D eigenvalue weighted by molar-refractivity contribution is 4.99. The van der Waals surface area contributed by atoms with Gasteiger partial charge in [0.05, 0.1) is 17.3 Å². The molecule has 1 spiro atoms. The van der Waals surface area contributed by atoms with Crippen molar-refractivity contribution in [1.82, 2.24) is 0 Å². The predicted octanol–water partition coefficient (Wildman–Crippen LogP) is 3.44. The summed E-state index contributed by atoms with van der Waals surface area (Å²) in [6.07, 6.45) is 12.4. The fourth-order valence-corrected chi connectivity index (χ4v) is 4.90. The van der Waals surface area contributed by atoms with Gasteiger partial charge in [-0.15, -0.1) is 0 Å². The Morgan fingerprint density at radius 2 is 1.70 bits per heavy atom. The molecule has 2 atom stereocenters. The average molecular weight is 282 g/mol. The van der Waals surface area contributed by atoms with Crippen LogP contribution < -0.4 is 0 Å². The lowest BCUT2D eigenvalue weighted by Gasteiger charge is -2.47. The molecule has 0 radical (unpaired) electrons. The van der Waals surface area contributed by atoms with Crippen LogP contribution in [0.3, 0.4) is 0 Å². The average Bonchev–Trinajstić information content (AvgIpc) is 2.95. The van der Waals surface area contributed by atoms with Crippen molar-refractivity contribution in [3.05, 3.63) is 0 Å². The van der Waals surface area contributed by atoms with Crippen LogP contribution in [0.1, 0.15) is 70.6 Å². The molecule has 1 N–H and O–H groups in total. The molecule has 1 saturated heterocycles. The molecule has 1 aliphatic heterocycles. The fraction of sp³-hybridized carbons (Fsp3) is 1.00. The van der Waals surface area contributed by atoms with E-state index in [0.29, 0.717) is 5.92 Å². The van der Waals surface area contributed by atoms with E-state index in [0.717, 1.165) is 32.3 Å². The predicted molar refractivity (Wildman–Crippen MR) is 78.7 cm³/mol. The first-order valence-electron chi connectivity index (χ1n) is 8.57. The van der Waals surface area contributed by atoms with Gasteiger partial charge in [-0.1, -0.05) is 32.1 Å². The van der Waals surface area contributed by atoms with Gasteiger partial charge in [-0.3, -0.25) is 0 Å². The summed E-state index contributed by atoms with van der Waals surface area (Å²) in [4.78, 5) is 0. The summed E-state index contributed by atoms with van der Waals surface area (Å²) in [5.41, 5.74) is -0.187. The monoisotopic (exact) mass is 282 g/mol. The number of methoxy groups -OCH3 is 1. The normalized spacial score (nSPS) is 34.2. The zero-order chi connectivity index (χ0) is 14.1. The van der Waals surface area contributed by atoms with E-state index < -0.39 is 0 Å². The summed E-state index contributed by atoms with van der Waals surface area (Å²) in [6, 6.07) is 0. The summed E-state index contributed by atoms with van der Waals surface area (Å²) in [5.74, 6) is 0.361. The number of aliphatic hydroxyl groups is 1. The molecule has 116 valence electrons. The fourth-order valence-electron chi connectivity index (χ4n) is 4.90. The minimum atomic E-state index is -0.311. The minimum absolute atomic E-state index is 0.0908. The van der Waals surface area contributed by atoms with Crippen LogP contribution in [0.15, 0.2) is 0 Å². The molecular weight excluding hydrogens is 252 g/mol. The molecule has 3 aliphatic rings. The first-order valence-corrected chi connectivity index (χ1v) is 8.57. The molecule has 3 nitrogen and oxygen atoms in total. The van der Waals surface area contributed by atoms with Crippen molar-refractivity contribution in [3.63, 3.8) is 0 Å². The molecule has 0 amide bonds. The highest BCUT2D eigenvalue weighted by Gasteiger charge is 2.48. The van der Waals surface area contributed by atoms with Gasteiger partial charge in [0.25, 0.3) is 0 Å². The van der Waals surface area contributed by atoms with Gasteiger partial charge < -0.3 is 14.6 Å². The molecular formula is C17H30O3. The largest absolute Gasteiger partial charge is 0.390 e. The number of rotatable bonds is 3. The van der Waals surface area contributed by atoms with Crippen LogP contribution >= 0.6 is 0 Å². The van der Waals surface area contributed by atoms with E-state index in [4.69, 9.17) is 9.47 Å². The standard InChI is InChI=1S/C17H30O3/c1-19-17(10-3-2-4-11-17)15(18)14-7-12-20-16(13-14)8-5-6-9-16/h14-15,18H,2-13H2,1H3. The highest BCUT2D eigenvalue weighted by atomic mass is 16.5. The molecule has 0 aromatic rings. The van der Waals surface area contributed by atoms with Crippen LogP contribution in [-0.2, 0) is 9.47 Å². The maximum atomic E-state index is 11.0. The van der Waals surface area contributed by atoms with Crippen molar-refractivity contribution in [2.45, 2.75) is 87.9 Å². The molecule has 0 bridgehead atoms. The summed E-state index contributed by atoms with van der Waals surface area (Å²) in [7, 11) is 1.79. The quantitative estimate of drug-likeness (QED) is 0.862. The Bertz CT molecular complexity index is 316. The smallest absolute Gasteiger partial charge is 0.0939 e. The number of hydrogen-bond donors (Lipinski definition) is 1. The van der Waals surface area contributed by atoms with Crippen LogP contribution in [0.4, 0.5) is 0 Å². The molecule has 2 unspecified atom stereocenters. The maximum Gasteiger partial charge on any atom is 0.0939 e. The summed E-state index contributed by atoms with van der Waals surface area (Å²) in [6.45, 7) is 0.821. The van der Waals surface area contributed by atoms with E-state index in [9.17, 15) is 5.11 Å². The maximum absolute atomic E-state index is 11.0. The Morgan fingerprint density at radius 1 is 1.05 bits per heavy atom. The topological polar surface area (TPSA) is 38.7 Å². The van der Waals surface area contributed by atoms with Crippen LogP contribution in [0.5, 0.6) is 0 Å². The third-order valence-corrected chi connectivity index (χ3v) is 6.14.